The molecule has 0 amide bonds. The number of hydroxylamine groups is 2. The Labute approximate surface area is 114 Å². The van der Waals surface area contributed by atoms with Gasteiger partial charge in [-0.3, -0.25) is 14.7 Å². The molecule has 0 fully saturated rings. The van der Waals surface area contributed by atoms with Gasteiger partial charge in [0.1, 0.15) is 6.61 Å². The number of unbranched alkanes of at least 4 members (excludes halogenated alkanes) is 5. The Morgan fingerprint density at radius 3 is 2.78 bits per heavy atom. The van der Waals surface area contributed by atoms with E-state index in [-0.39, 0.29) is 0 Å². The van der Waals surface area contributed by atoms with Gasteiger partial charge in [0.15, 0.2) is 5.12 Å². The molecule has 2 rings (SSSR count). The fourth-order valence-corrected chi connectivity index (χ4v) is 3.35. The van der Waals surface area contributed by atoms with Crippen molar-refractivity contribution in [3.8, 4) is 0 Å². The second kappa shape index (κ2) is 7.19. The highest BCUT2D eigenvalue weighted by atomic mass is 32.2. The van der Waals surface area contributed by atoms with Gasteiger partial charge in [-0.15, -0.1) is 0 Å². The Kier molecular flexibility index (Phi) is 5.57. The summed E-state index contributed by atoms with van der Waals surface area (Å²) in [7, 11) is 0. The van der Waals surface area contributed by atoms with Crippen LogP contribution in [0, 0.1) is 0 Å². The van der Waals surface area contributed by atoms with Crippen LogP contribution in [-0.4, -0.2) is 23.3 Å². The summed E-state index contributed by atoms with van der Waals surface area (Å²) in [5, 5.41) is 2.33. The van der Waals surface area contributed by atoms with Gasteiger partial charge in [0.05, 0.1) is 5.70 Å². The van der Waals surface area contributed by atoms with E-state index >= 15 is 0 Å². The lowest BCUT2D eigenvalue weighted by molar-refractivity contribution is -0.112. The molecule has 0 aromatic rings. The maximum atomic E-state index is 11.3. The van der Waals surface area contributed by atoms with Crippen molar-refractivity contribution in [1.82, 2.24) is 5.06 Å². The largest absolute Gasteiger partial charge is 0.287 e. The number of rotatable bonds is 7. The van der Waals surface area contributed by atoms with Crippen molar-refractivity contribution < 1.29 is 9.63 Å². The molecule has 0 unspecified atom stereocenters. The molecule has 102 valence electrons. The smallest absolute Gasteiger partial charge is 0.193 e. The second-order valence-corrected chi connectivity index (χ2v) is 6.14. The first-order valence-electron chi connectivity index (χ1n) is 7.14. The molecule has 0 saturated carbocycles. The van der Waals surface area contributed by atoms with Crippen LogP contribution in [0.4, 0.5) is 0 Å². The normalized spacial score (nSPS) is 19.6. The maximum absolute atomic E-state index is 11.3. The molecule has 3 nitrogen and oxygen atoms in total. The van der Waals surface area contributed by atoms with Gasteiger partial charge in [-0.1, -0.05) is 50.8 Å². The van der Waals surface area contributed by atoms with Gasteiger partial charge in [-0.05, 0) is 12.8 Å². The highest BCUT2D eigenvalue weighted by Gasteiger charge is 2.29. The van der Waals surface area contributed by atoms with Gasteiger partial charge >= 0.3 is 0 Å². The third-order valence-corrected chi connectivity index (χ3v) is 4.52. The summed E-state index contributed by atoms with van der Waals surface area (Å²) in [5.74, 6) is 0. The monoisotopic (exact) mass is 269 g/mol. The third kappa shape index (κ3) is 3.75. The van der Waals surface area contributed by atoms with E-state index in [2.05, 4.69) is 6.92 Å². The molecule has 2 aliphatic heterocycles. The summed E-state index contributed by atoms with van der Waals surface area (Å²) in [6, 6.07) is 0. The van der Waals surface area contributed by atoms with Gasteiger partial charge < -0.3 is 0 Å². The van der Waals surface area contributed by atoms with Crippen molar-refractivity contribution in [2.75, 3.05) is 13.2 Å². The van der Waals surface area contributed by atoms with Crippen LogP contribution in [0.25, 0.3) is 0 Å². The number of carbonyl (C=O) groups excluding carboxylic acids is 1. The van der Waals surface area contributed by atoms with E-state index in [4.69, 9.17) is 4.84 Å². The van der Waals surface area contributed by atoms with Gasteiger partial charge in [-0.25, -0.2) is 0 Å². The lowest BCUT2D eigenvalue weighted by Crippen LogP contribution is -2.21. The first-order chi connectivity index (χ1) is 8.81. The fourth-order valence-electron chi connectivity index (χ4n) is 2.43. The first-order valence-corrected chi connectivity index (χ1v) is 7.96. The van der Waals surface area contributed by atoms with Crippen LogP contribution in [0.5, 0.6) is 0 Å². The predicted octanol–water partition coefficient (Wildman–Crippen LogP) is 3.86. The zero-order chi connectivity index (χ0) is 12.8. The zero-order valence-corrected chi connectivity index (χ0v) is 12.1. The molecule has 0 aromatic carbocycles. The molecular weight excluding hydrogens is 246 g/mol. The number of carbonyl (C=O) groups is 1. The van der Waals surface area contributed by atoms with Crippen molar-refractivity contribution in [2.45, 2.75) is 58.3 Å². The quantitative estimate of drug-likeness (QED) is 0.656. The average Bonchev–Trinajstić information content (AvgIpc) is 2.76. The molecule has 0 N–H and O–H groups in total. The van der Waals surface area contributed by atoms with Gasteiger partial charge in [0.25, 0.3) is 0 Å². The molecule has 18 heavy (non-hydrogen) atoms. The van der Waals surface area contributed by atoms with Crippen LogP contribution in [0.3, 0.4) is 0 Å². The van der Waals surface area contributed by atoms with Crippen LogP contribution in [0.2, 0.25) is 0 Å². The van der Waals surface area contributed by atoms with Crippen molar-refractivity contribution in [2.24, 2.45) is 0 Å². The molecule has 0 spiro atoms. The van der Waals surface area contributed by atoms with Crippen molar-refractivity contribution in [3.05, 3.63) is 10.6 Å². The summed E-state index contributed by atoms with van der Waals surface area (Å²) in [6.45, 7) is 3.84. The van der Waals surface area contributed by atoms with Gasteiger partial charge in [0, 0.05) is 17.9 Å². The van der Waals surface area contributed by atoms with E-state index in [1.165, 1.54) is 56.0 Å². The van der Waals surface area contributed by atoms with Crippen LogP contribution < -0.4 is 0 Å². The Balaban J connectivity index is 1.67. The molecule has 0 atom stereocenters. The number of nitrogens with zero attached hydrogens (tertiary/aromatic N) is 1. The molecule has 0 radical (unpaired) electrons. The number of hydrogen-bond donors (Lipinski definition) is 0. The Morgan fingerprint density at radius 2 is 1.94 bits per heavy atom. The molecule has 2 aliphatic rings. The minimum atomic E-state index is 0.291. The summed E-state index contributed by atoms with van der Waals surface area (Å²) >= 11 is 1.39. The van der Waals surface area contributed by atoms with Crippen molar-refractivity contribution in [3.63, 3.8) is 0 Å². The summed E-state index contributed by atoms with van der Waals surface area (Å²) in [5.41, 5.74) is 1.27. The summed E-state index contributed by atoms with van der Waals surface area (Å²) < 4.78 is 0. The Hall–Kier alpha value is -0.480. The van der Waals surface area contributed by atoms with Crippen LogP contribution in [0.15, 0.2) is 10.6 Å². The fraction of sp³-hybridized carbons (Fsp3) is 0.786. The lowest BCUT2D eigenvalue weighted by Gasteiger charge is -2.21. The number of allylic oxidation sites excluding steroid dienone is 1. The van der Waals surface area contributed by atoms with Crippen LogP contribution in [0.1, 0.15) is 58.3 Å². The molecular formula is C14H23NO2S. The van der Waals surface area contributed by atoms with E-state index in [0.29, 0.717) is 18.1 Å². The van der Waals surface area contributed by atoms with E-state index < -0.39 is 0 Å². The van der Waals surface area contributed by atoms with Gasteiger partial charge in [0.2, 0.25) is 0 Å². The Morgan fingerprint density at radius 1 is 1.17 bits per heavy atom. The molecule has 0 bridgehead atoms. The molecule has 0 aliphatic carbocycles. The second-order valence-electron chi connectivity index (χ2n) is 4.99. The maximum Gasteiger partial charge on any atom is 0.193 e. The SMILES string of the molecule is CCCCCCCCN1OCC2=C1CCC(=O)S2. The van der Waals surface area contributed by atoms with Gasteiger partial charge in [-0.2, -0.15) is 0 Å². The zero-order valence-electron chi connectivity index (χ0n) is 11.2. The van der Waals surface area contributed by atoms with E-state index in [1.807, 2.05) is 5.06 Å². The van der Waals surface area contributed by atoms with E-state index in [9.17, 15) is 4.79 Å². The number of thioether (sulfide) groups is 1. The molecule has 4 heteroatoms. The molecule has 2 heterocycles. The highest BCUT2D eigenvalue weighted by molar-refractivity contribution is 8.17. The molecule has 0 aromatic heterocycles. The van der Waals surface area contributed by atoms with Crippen LogP contribution >= 0.6 is 11.8 Å². The summed E-state index contributed by atoms with van der Waals surface area (Å²) in [6.07, 6.45) is 9.37. The highest BCUT2D eigenvalue weighted by Crippen LogP contribution is 2.37. The van der Waals surface area contributed by atoms with E-state index in [0.717, 1.165) is 17.9 Å². The number of hydrogen-bond acceptors (Lipinski definition) is 4. The summed E-state index contributed by atoms with van der Waals surface area (Å²) in [4.78, 5) is 18.1. The average molecular weight is 269 g/mol. The Bertz CT molecular complexity index is 328. The van der Waals surface area contributed by atoms with Crippen LogP contribution in [-0.2, 0) is 9.63 Å². The predicted molar refractivity (Wildman–Crippen MR) is 74.9 cm³/mol. The van der Waals surface area contributed by atoms with Crippen molar-refractivity contribution in [1.29, 1.82) is 0 Å². The first kappa shape index (κ1) is 13.9. The van der Waals surface area contributed by atoms with Crippen molar-refractivity contribution >= 4 is 16.9 Å². The van der Waals surface area contributed by atoms with E-state index in [1.54, 1.807) is 0 Å². The lowest BCUT2D eigenvalue weighted by atomic mass is 10.1. The minimum absolute atomic E-state index is 0.291. The third-order valence-electron chi connectivity index (χ3n) is 3.49. The topological polar surface area (TPSA) is 29.5 Å². The minimum Gasteiger partial charge on any atom is -0.287 e. The molecule has 0 saturated heterocycles. The standard InChI is InChI=1S/C14H23NO2S/c1-2-3-4-5-6-7-10-15-12-8-9-14(16)18-13(12)11-17-15/h2-11H2,1H3.